The van der Waals surface area contributed by atoms with E-state index in [1.807, 2.05) is 0 Å². The Bertz CT molecular complexity index is 472. The Labute approximate surface area is 134 Å². The Morgan fingerprint density at radius 2 is 1.86 bits per heavy atom. The lowest BCUT2D eigenvalue weighted by Gasteiger charge is -2.34. The Morgan fingerprint density at radius 3 is 2.45 bits per heavy atom. The minimum atomic E-state index is -3.13. The fourth-order valence-electron chi connectivity index (χ4n) is 3.44. The molecular formula is C15H29N3O3S. The molecule has 0 spiro atoms. The van der Waals surface area contributed by atoms with Crippen LogP contribution in [0.15, 0.2) is 0 Å². The van der Waals surface area contributed by atoms with Crippen LogP contribution in [-0.2, 0) is 10.0 Å². The molecule has 2 atom stereocenters. The molecule has 22 heavy (non-hydrogen) atoms. The molecule has 128 valence electrons. The van der Waals surface area contributed by atoms with Crippen LogP contribution in [-0.4, -0.2) is 62.1 Å². The highest BCUT2D eigenvalue weighted by atomic mass is 32.2. The Kier molecular flexibility index (Phi) is 6.09. The maximum atomic E-state index is 12.2. The van der Waals surface area contributed by atoms with Crippen LogP contribution in [0, 0.1) is 11.8 Å². The third-order valence-electron chi connectivity index (χ3n) is 4.87. The van der Waals surface area contributed by atoms with Crippen molar-refractivity contribution in [2.75, 3.05) is 38.5 Å². The summed E-state index contributed by atoms with van der Waals surface area (Å²) in [5.74, 6) is 1.48. The van der Waals surface area contributed by atoms with Gasteiger partial charge in [-0.25, -0.2) is 13.2 Å². The van der Waals surface area contributed by atoms with Crippen molar-refractivity contribution in [3.63, 3.8) is 0 Å². The third kappa shape index (κ3) is 4.59. The van der Waals surface area contributed by atoms with Crippen molar-refractivity contribution in [2.24, 2.45) is 11.8 Å². The number of carbonyl (C=O) groups is 1. The first-order chi connectivity index (χ1) is 10.4. The highest BCUT2D eigenvalue weighted by Gasteiger charge is 2.28. The molecule has 0 aromatic heterocycles. The maximum Gasteiger partial charge on any atom is 0.317 e. The van der Waals surface area contributed by atoms with E-state index < -0.39 is 10.0 Å². The zero-order valence-corrected chi connectivity index (χ0v) is 14.6. The maximum absolute atomic E-state index is 12.2. The van der Waals surface area contributed by atoms with Gasteiger partial charge in [0.2, 0.25) is 10.0 Å². The first kappa shape index (κ1) is 17.5. The highest BCUT2D eigenvalue weighted by Crippen LogP contribution is 2.27. The number of hydrogen-bond donors (Lipinski definition) is 1. The smallest absolute Gasteiger partial charge is 0.317 e. The molecule has 1 aliphatic heterocycles. The van der Waals surface area contributed by atoms with Crippen molar-refractivity contribution in [1.82, 2.24) is 14.5 Å². The number of piperazine rings is 1. The van der Waals surface area contributed by atoms with Gasteiger partial charge in [-0.1, -0.05) is 19.8 Å². The molecule has 7 heteroatoms. The largest absolute Gasteiger partial charge is 0.338 e. The second-order valence-corrected chi connectivity index (χ2v) is 8.87. The number of nitrogens with zero attached hydrogens (tertiary/aromatic N) is 2. The molecule has 1 saturated heterocycles. The van der Waals surface area contributed by atoms with Crippen molar-refractivity contribution < 1.29 is 13.2 Å². The summed E-state index contributed by atoms with van der Waals surface area (Å²) < 4.78 is 25.1. The van der Waals surface area contributed by atoms with Crippen molar-refractivity contribution in [3.8, 4) is 0 Å². The van der Waals surface area contributed by atoms with Gasteiger partial charge >= 0.3 is 6.03 Å². The number of carbonyl (C=O) groups excluding carboxylic acids is 1. The fourth-order valence-corrected chi connectivity index (χ4v) is 4.53. The zero-order chi connectivity index (χ0) is 16.2. The summed E-state index contributed by atoms with van der Waals surface area (Å²) in [6, 6.07) is -0.0493. The first-order valence-electron chi connectivity index (χ1n) is 8.43. The van der Waals surface area contributed by atoms with Gasteiger partial charge in [-0.15, -0.1) is 0 Å². The summed E-state index contributed by atoms with van der Waals surface area (Å²) in [5.41, 5.74) is 0. The molecule has 1 heterocycles. The Balaban J connectivity index is 1.73. The molecule has 2 aliphatic rings. The van der Waals surface area contributed by atoms with Gasteiger partial charge in [0.15, 0.2) is 0 Å². The fraction of sp³-hybridized carbons (Fsp3) is 0.933. The molecule has 1 aliphatic carbocycles. The molecule has 2 unspecified atom stereocenters. The van der Waals surface area contributed by atoms with Crippen molar-refractivity contribution >= 4 is 16.1 Å². The van der Waals surface area contributed by atoms with Gasteiger partial charge in [0.05, 0.1) is 5.75 Å². The van der Waals surface area contributed by atoms with Crippen LogP contribution in [0.3, 0.4) is 0 Å². The van der Waals surface area contributed by atoms with Crippen LogP contribution in [0.5, 0.6) is 0 Å². The molecule has 0 aromatic rings. The quantitative estimate of drug-likeness (QED) is 0.848. The van der Waals surface area contributed by atoms with Crippen LogP contribution >= 0.6 is 0 Å². The van der Waals surface area contributed by atoms with Crippen LogP contribution in [0.2, 0.25) is 0 Å². The monoisotopic (exact) mass is 331 g/mol. The Morgan fingerprint density at radius 1 is 1.18 bits per heavy atom. The third-order valence-corrected chi connectivity index (χ3v) is 6.75. The predicted octanol–water partition coefficient (Wildman–Crippen LogP) is 1.49. The summed E-state index contributed by atoms with van der Waals surface area (Å²) in [7, 11) is -3.13. The van der Waals surface area contributed by atoms with E-state index in [1.165, 1.54) is 30.0 Å². The minimum absolute atomic E-state index is 0.0493. The molecule has 0 radical (unpaired) electrons. The second-order valence-electron chi connectivity index (χ2n) is 6.61. The number of sulfonamides is 1. The van der Waals surface area contributed by atoms with Crippen LogP contribution in [0.25, 0.3) is 0 Å². The molecule has 1 N–H and O–H groups in total. The van der Waals surface area contributed by atoms with E-state index in [0.29, 0.717) is 32.1 Å². The molecular weight excluding hydrogens is 302 g/mol. The number of nitrogens with one attached hydrogen (secondary N) is 1. The average molecular weight is 331 g/mol. The summed E-state index contributed by atoms with van der Waals surface area (Å²) in [6.45, 7) is 6.45. The van der Waals surface area contributed by atoms with Gasteiger partial charge in [-0.05, 0) is 31.6 Å². The number of rotatable bonds is 4. The van der Waals surface area contributed by atoms with Gasteiger partial charge in [-0.2, -0.15) is 4.31 Å². The normalized spacial score (nSPS) is 27.6. The van der Waals surface area contributed by atoms with E-state index in [2.05, 4.69) is 12.2 Å². The van der Waals surface area contributed by atoms with Crippen LogP contribution in [0.1, 0.15) is 39.5 Å². The standard InChI is InChI=1S/C15H29N3O3S/c1-3-22(20,21)18-9-7-17(8-10-18)15(19)16-12-14-6-4-5-13(2)11-14/h13-14H,3-12H2,1-2H3,(H,16,19). The van der Waals surface area contributed by atoms with Gasteiger partial charge < -0.3 is 10.2 Å². The van der Waals surface area contributed by atoms with E-state index in [4.69, 9.17) is 0 Å². The molecule has 2 rings (SSSR count). The van der Waals surface area contributed by atoms with Crippen LogP contribution < -0.4 is 5.32 Å². The number of hydrogen-bond acceptors (Lipinski definition) is 3. The molecule has 0 bridgehead atoms. The number of urea groups is 1. The second kappa shape index (κ2) is 7.64. The van der Waals surface area contributed by atoms with E-state index in [0.717, 1.165) is 12.5 Å². The van der Waals surface area contributed by atoms with E-state index in [9.17, 15) is 13.2 Å². The van der Waals surface area contributed by atoms with Gasteiger partial charge in [0, 0.05) is 32.7 Å². The average Bonchev–Trinajstić information content (AvgIpc) is 2.53. The topological polar surface area (TPSA) is 69.7 Å². The van der Waals surface area contributed by atoms with Crippen molar-refractivity contribution in [2.45, 2.75) is 39.5 Å². The molecule has 2 fully saturated rings. The van der Waals surface area contributed by atoms with Gasteiger partial charge in [0.1, 0.15) is 0 Å². The molecule has 0 aromatic carbocycles. The molecule has 2 amide bonds. The summed E-state index contributed by atoms with van der Waals surface area (Å²) in [5, 5.41) is 3.03. The lowest BCUT2D eigenvalue weighted by Crippen LogP contribution is -2.53. The highest BCUT2D eigenvalue weighted by molar-refractivity contribution is 7.89. The SMILES string of the molecule is CCS(=O)(=O)N1CCN(C(=O)NCC2CCCC(C)C2)CC1. The minimum Gasteiger partial charge on any atom is -0.338 e. The van der Waals surface area contributed by atoms with Crippen molar-refractivity contribution in [1.29, 1.82) is 0 Å². The summed E-state index contributed by atoms with van der Waals surface area (Å²) in [4.78, 5) is 13.9. The van der Waals surface area contributed by atoms with Gasteiger partial charge in [-0.3, -0.25) is 0 Å². The number of amides is 2. The first-order valence-corrected chi connectivity index (χ1v) is 10.0. The van der Waals surface area contributed by atoms with Crippen LogP contribution in [0.4, 0.5) is 4.79 Å². The summed E-state index contributed by atoms with van der Waals surface area (Å²) in [6.07, 6.45) is 4.96. The molecule has 1 saturated carbocycles. The lowest BCUT2D eigenvalue weighted by atomic mass is 9.82. The molecule has 6 nitrogen and oxygen atoms in total. The summed E-state index contributed by atoms with van der Waals surface area (Å²) >= 11 is 0. The van der Waals surface area contributed by atoms with Crippen molar-refractivity contribution in [3.05, 3.63) is 0 Å². The Hall–Kier alpha value is -0.820. The van der Waals surface area contributed by atoms with E-state index >= 15 is 0 Å². The van der Waals surface area contributed by atoms with E-state index in [-0.39, 0.29) is 11.8 Å². The van der Waals surface area contributed by atoms with Gasteiger partial charge in [0.25, 0.3) is 0 Å². The van der Waals surface area contributed by atoms with E-state index in [1.54, 1.807) is 11.8 Å². The lowest BCUT2D eigenvalue weighted by molar-refractivity contribution is 0.168. The predicted molar refractivity (Wildman–Crippen MR) is 87.1 cm³/mol. The zero-order valence-electron chi connectivity index (χ0n) is 13.8.